The van der Waals surface area contributed by atoms with E-state index in [4.69, 9.17) is 29.4 Å². The van der Waals surface area contributed by atoms with Crippen LogP contribution in [0.3, 0.4) is 0 Å². The van der Waals surface area contributed by atoms with Gasteiger partial charge in [-0.15, -0.1) is 22.7 Å². The summed E-state index contributed by atoms with van der Waals surface area (Å²) in [7, 11) is 3.48. The van der Waals surface area contributed by atoms with Crippen molar-refractivity contribution in [2.75, 3.05) is 14.2 Å². The lowest BCUT2D eigenvalue weighted by atomic mass is 9.64. The first-order valence-electron chi connectivity index (χ1n) is 18.9. The van der Waals surface area contributed by atoms with Gasteiger partial charge in [0.15, 0.2) is 0 Å². The summed E-state index contributed by atoms with van der Waals surface area (Å²) in [4.78, 5) is 25.2. The average molecular weight is 759 g/mol. The summed E-state index contributed by atoms with van der Waals surface area (Å²) in [6, 6.07) is 39.4. The fourth-order valence-electron chi connectivity index (χ4n) is 10.4. The maximum absolute atomic E-state index is 6.08. The van der Waals surface area contributed by atoms with Crippen LogP contribution in [0.4, 0.5) is 0 Å². The smallest absolute Gasteiger partial charge is 0.137 e. The second kappa shape index (κ2) is 11.2. The number of fused-ring (bicyclic) bond motifs is 2. The van der Waals surface area contributed by atoms with Crippen LogP contribution in [0.15, 0.2) is 120 Å². The minimum atomic E-state index is -0.0360. The topological polar surface area (TPSA) is 70.0 Å². The zero-order chi connectivity index (χ0) is 36.8. The Morgan fingerprint density at radius 1 is 0.375 bits per heavy atom. The molecule has 0 saturated carbocycles. The number of ether oxygens (including phenoxy) is 2. The number of methoxy groups -OCH3 is 2. The molecule has 0 unspecified atom stereocenters. The van der Waals surface area contributed by atoms with Gasteiger partial charge in [-0.05, 0) is 67.4 Å². The van der Waals surface area contributed by atoms with Crippen molar-refractivity contribution in [1.82, 2.24) is 19.9 Å². The fraction of sp³-hybridized carbons (Fsp3) is 0.125. The molecular weight excluding hydrogens is 729 g/mol. The van der Waals surface area contributed by atoms with Gasteiger partial charge in [0, 0.05) is 0 Å². The summed E-state index contributed by atoms with van der Waals surface area (Å²) in [6.45, 7) is 0. The van der Waals surface area contributed by atoms with Crippen molar-refractivity contribution >= 4 is 44.7 Å². The predicted octanol–water partition coefficient (Wildman–Crippen LogP) is 11.0. The molecule has 0 N–H and O–H groups in total. The Kier molecular flexibility index (Phi) is 6.20. The summed E-state index contributed by atoms with van der Waals surface area (Å²) in [5.41, 5.74) is 19.5. The number of thiophene rings is 2. The second-order valence-corrected chi connectivity index (χ2v) is 16.8. The molecule has 0 amide bonds. The Bertz CT molecular complexity index is 2710. The maximum atomic E-state index is 6.08. The molecule has 4 bridgehead atoms. The minimum Gasteiger partial charge on any atom is -0.495 e. The van der Waals surface area contributed by atoms with Gasteiger partial charge in [-0.1, -0.05) is 97.1 Å². The molecule has 0 spiro atoms. The van der Waals surface area contributed by atoms with E-state index in [2.05, 4.69) is 108 Å². The lowest BCUT2D eigenvalue weighted by Crippen LogP contribution is -2.30. The number of nitrogens with zero attached hydrogens (tertiary/aromatic N) is 4. The molecule has 6 aliphatic carbocycles. The van der Waals surface area contributed by atoms with Crippen LogP contribution in [0.1, 0.15) is 91.0 Å². The van der Waals surface area contributed by atoms with Crippen molar-refractivity contribution in [3.8, 4) is 32.4 Å². The first-order valence-corrected chi connectivity index (χ1v) is 20.7. The number of benzene rings is 5. The number of hydrogen-bond donors (Lipinski definition) is 0. The third kappa shape index (κ3) is 3.80. The highest BCUT2D eigenvalue weighted by Gasteiger charge is 2.46. The van der Waals surface area contributed by atoms with E-state index in [0.29, 0.717) is 0 Å². The molecule has 0 aliphatic heterocycles. The van der Waals surface area contributed by atoms with Gasteiger partial charge < -0.3 is 9.47 Å². The van der Waals surface area contributed by atoms with Gasteiger partial charge >= 0.3 is 0 Å². The van der Waals surface area contributed by atoms with Gasteiger partial charge in [-0.2, -0.15) is 0 Å². The van der Waals surface area contributed by atoms with Crippen molar-refractivity contribution in [2.24, 2.45) is 0 Å². The van der Waals surface area contributed by atoms with E-state index < -0.39 is 0 Å². The third-order valence-corrected chi connectivity index (χ3v) is 14.4. The van der Waals surface area contributed by atoms with E-state index in [1.54, 1.807) is 36.9 Å². The zero-order valence-electron chi connectivity index (χ0n) is 30.3. The highest BCUT2D eigenvalue weighted by Crippen LogP contribution is 2.59. The Morgan fingerprint density at radius 2 is 0.625 bits per heavy atom. The molecular formula is C48H30N4O2S2. The van der Waals surface area contributed by atoms with Crippen LogP contribution >= 0.6 is 22.7 Å². The predicted molar refractivity (Wildman–Crippen MR) is 222 cm³/mol. The van der Waals surface area contributed by atoms with Crippen LogP contribution in [0.2, 0.25) is 0 Å². The highest BCUT2D eigenvalue weighted by atomic mass is 32.1. The molecule has 6 nitrogen and oxygen atoms in total. The molecule has 0 saturated heterocycles. The van der Waals surface area contributed by atoms with E-state index >= 15 is 0 Å². The molecule has 0 fully saturated rings. The molecule has 266 valence electrons. The summed E-state index contributed by atoms with van der Waals surface area (Å²) in [6.07, 6.45) is 0. The van der Waals surface area contributed by atoms with Crippen molar-refractivity contribution in [2.45, 2.75) is 23.7 Å². The van der Waals surface area contributed by atoms with E-state index in [0.717, 1.165) is 77.2 Å². The molecule has 15 rings (SSSR count). The molecule has 4 aromatic heterocycles. The average Bonchev–Trinajstić information content (AvgIpc) is 3.94. The third-order valence-electron chi connectivity index (χ3n) is 12.6. The molecule has 56 heavy (non-hydrogen) atoms. The SMILES string of the molecule is COc1ccsc1-c1c2nc3c(nc2c(-c2sccc2OC)c2nc4c(nc12)C1c2ccccc2C4c2ccccc21)C1c2ccccc2C3c2ccccc21. The van der Waals surface area contributed by atoms with Crippen LogP contribution in [0.25, 0.3) is 42.9 Å². The lowest BCUT2D eigenvalue weighted by molar-refractivity contribution is 0.418. The summed E-state index contributed by atoms with van der Waals surface area (Å²) >= 11 is 3.29. The van der Waals surface area contributed by atoms with Crippen molar-refractivity contribution < 1.29 is 9.47 Å². The molecule has 4 heterocycles. The monoisotopic (exact) mass is 758 g/mol. The molecule has 5 aromatic carbocycles. The largest absolute Gasteiger partial charge is 0.495 e. The first-order chi connectivity index (χ1) is 27.7. The quantitative estimate of drug-likeness (QED) is 0.167. The summed E-state index contributed by atoms with van der Waals surface area (Å²) in [5.74, 6) is 1.43. The number of hydrogen-bond acceptors (Lipinski definition) is 8. The Hall–Kier alpha value is -6.22. The Balaban J connectivity index is 1.22. The molecule has 0 atom stereocenters. The number of aromatic nitrogens is 4. The molecule has 8 heteroatoms. The standard InChI is InChI=1S/C48H30N4O2S2/c1-53-31-19-21-55-47(31)37-43-45(51-41-35-27-15-7-3-11-23(27)33(39(41)49-43)24-12-4-8-16-28(24)35)38(48-32(54-2)20-22-56-48)46-44(37)50-40-34-25-13-5-9-17-29(25)36(42(40)52-46)30-18-10-6-14-26(30)34/h3-22,33-36H,1-2H3. The van der Waals surface area contributed by atoms with Crippen LogP contribution < -0.4 is 9.47 Å². The van der Waals surface area contributed by atoms with Gasteiger partial charge in [-0.3, -0.25) is 0 Å². The van der Waals surface area contributed by atoms with Crippen LogP contribution in [-0.2, 0) is 0 Å². The first kappa shape index (κ1) is 31.0. The maximum Gasteiger partial charge on any atom is 0.137 e. The highest BCUT2D eigenvalue weighted by molar-refractivity contribution is 7.14. The van der Waals surface area contributed by atoms with E-state index in [-0.39, 0.29) is 23.7 Å². The van der Waals surface area contributed by atoms with E-state index in [1.165, 1.54) is 44.5 Å². The van der Waals surface area contributed by atoms with Gasteiger partial charge in [0.05, 0.1) is 81.5 Å². The normalized spacial score (nSPS) is 18.9. The molecule has 9 aromatic rings. The summed E-state index contributed by atoms with van der Waals surface area (Å²) < 4.78 is 12.2. The van der Waals surface area contributed by atoms with Gasteiger partial charge in [0.25, 0.3) is 0 Å². The van der Waals surface area contributed by atoms with E-state index in [1.807, 2.05) is 12.1 Å². The van der Waals surface area contributed by atoms with Crippen LogP contribution in [0, 0.1) is 0 Å². The lowest BCUT2D eigenvalue weighted by Gasteiger charge is -2.41. The van der Waals surface area contributed by atoms with Crippen molar-refractivity contribution in [1.29, 1.82) is 0 Å². The minimum absolute atomic E-state index is 0.0360. The van der Waals surface area contributed by atoms with Crippen molar-refractivity contribution in [3.05, 3.63) is 187 Å². The number of rotatable bonds is 4. The van der Waals surface area contributed by atoms with Crippen LogP contribution in [0.5, 0.6) is 11.5 Å². The van der Waals surface area contributed by atoms with Gasteiger partial charge in [-0.25, -0.2) is 19.9 Å². The van der Waals surface area contributed by atoms with Crippen LogP contribution in [-0.4, -0.2) is 34.2 Å². The van der Waals surface area contributed by atoms with Crippen molar-refractivity contribution in [3.63, 3.8) is 0 Å². The molecule has 0 radical (unpaired) electrons. The van der Waals surface area contributed by atoms with Gasteiger partial charge in [0.1, 0.15) is 33.6 Å². The van der Waals surface area contributed by atoms with E-state index in [9.17, 15) is 0 Å². The van der Waals surface area contributed by atoms with Gasteiger partial charge in [0.2, 0.25) is 0 Å². The Labute approximate surface area is 330 Å². The second-order valence-electron chi connectivity index (χ2n) is 15.0. The molecule has 6 aliphatic rings. The fourth-order valence-corrected chi connectivity index (χ4v) is 12.2. The summed E-state index contributed by atoms with van der Waals surface area (Å²) in [5, 5.41) is 4.17. The Morgan fingerprint density at radius 3 is 0.857 bits per heavy atom. The zero-order valence-corrected chi connectivity index (χ0v) is 31.9.